The van der Waals surface area contributed by atoms with Gasteiger partial charge in [0.1, 0.15) is 5.28 Å². The third kappa shape index (κ3) is 5.65. The number of phosphoric ester groups is 1. The standard InChI is InChI=1S/C2H7N4O4P/c3-1-2-9-11(7,8)10-6-5-4/h1-3H2,(H,7,8). The van der Waals surface area contributed by atoms with Gasteiger partial charge in [0, 0.05) is 11.5 Å². The van der Waals surface area contributed by atoms with E-state index >= 15 is 0 Å². The molecule has 0 bridgehead atoms. The number of nitrogens with two attached hydrogens (primary N) is 1. The summed E-state index contributed by atoms with van der Waals surface area (Å²) in [6.07, 6.45) is 0. The SMILES string of the molecule is [N-]=[N+]=NOP(=O)(O)OCCN. The molecule has 3 N–H and O–H groups in total. The largest absolute Gasteiger partial charge is 0.533 e. The van der Waals surface area contributed by atoms with Gasteiger partial charge in [0.25, 0.3) is 0 Å². The predicted octanol–water partition coefficient (Wildman–Crippen LogP) is 0.304. The summed E-state index contributed by atoms with van der Waals surface area (Å²) < 4.78 is 18.4. The molecule has 64 valence electrons. The van der Waals surface area contributed by atoms with Crippen molar-refractivity contribution in [3.63, 3.8) is 0 Å². The monoisotopic (exact) mass is 182 g/mol. The van der Waals surface area contributed by atoms with Crippen LogP contribution in [0.1, 0.15) is 0 Å². The zero-order valence-corrected chi connectivity index (χ0v) is 6.35. The first kappa shape index (κ1) is 10.2. The lowest BCUT2D eigenvalue weighted by Crippen LogP contribution is -2.07. The van der Waals surface area contributed by atoms with Gasteiger partial charge in [-0.2, -0.15) is 0 Å². The Morgan fingerprint density at radius 3 is 2.91 bits per heavy atom. The zero-order valence-electron chi connectivity index (χ0n) is 5.45. The zero-order chi connectivity index (χ0) is 8.74. The number of rotatable bonds is 5. The molecular weight excluding hydrogens is 175 g/mol. The van der Waals surface area contributed by atoms with Gasteiger partial charge >= 0.3 is 7.82 Å². The number of nitrogens with zero attached hydrogens (tertiary/aromatic N) is 3. The number of phosphoric acid groups is 1. The van der Waals surface area contributed by atoms with Crippen LogP contribution in [0.5, 0.6) is 0 Å². The normalized spacial score (nSPS) is 14.7. The van der Waals surface area contributed by atoms with E-state index in [0.29, 0.717) is 0 Å². The van der Waals surface area contributed by atoms with Crippen LogP contribution in [0.2, 0.25) is 0 Å². The average Bonchev–Trinajstić information content (AvgIpc) is 1.97. The van der Waals surface area contributed by atoms with E-state index in [1.54, 1.807) is 0 Å². The summed E-state index contributed by atoms with van der Waals surface area (Å²) in [6.45, 7) is -0.0705. The molecule has 0 spiro atoms. The quantitative estimate of drug-likeness (QED) is 0.207. The van der Waals surface area contributed by atoms with Gasteiger partial charge in [0.2, 0.25) is 0 Å². The van der Waals surface area contributed by atoms with Gasteiger partial charge in [0.05, 0.1) is 6.61 Å². The van der Waals surface area contributed by atoms with Crippen molar-refractivity contribution in [3.05, 3.63) is 10.4 Å². The third-order valence-electron chi connectivity index (χ3n) is 0.548. The maximum absolute atomic E-state index is 10.5. The van der Waals surface area contributed by atoms with E-state index < -0.39 is 7.82 Å². The molecule has 0 aromatic heterocycles. The highest BCUT2D eigenvalue weighted by molar-refractivity contribution is 7.47. The van der Waals surface area contributed by atoms with Crippen molar-refractivity contribution >= 4 is 7.82 Å². The van der Waals surface area contributed by atoms with Crippen LogP contribution in [-0.4, -0.2) is 18.0 Å². The fraction of sp³-hybridized carbons (Fsp3) is 1.00. The second kappa shape index (κ2) is 4.95. The highest BCUT2D eigenvalue weighted by Crippen LogP contribution is 2.43. The summed E-state index contributed by atoms with van der Waals surface area (Å²) in [6, 6.07) is 0. The molecule has 1 unspecified atom stereocenters. The average molecular weight is 182 g/mol. The molecule has 0 aliphatic rings. The molecular formula is C2H7N4O4P. The van der Waals surface area contributed by atoms with Crippen LogP contribution in [0.3, 0.4) is 0 Å². The molecule has 0 amide bonds. The molecule has 0 aromatic carbocycles. The Labute approximate surface area is 62.1 Å². The van der Waals surface area contributed by atoms with Gasteiger partial charge in [-0.1, -0.05) is 0 Å². The van der Waals surface area contributed by atoms with Crippen molar-refractivity contribution in [2.75, 3.05) is 13.2 Å². The predicted molar refractivity (Wildman–Crippen MR) is 35.1 cm³/mol. The minimum atomic E-state index is -4.23. The fourth-order valence-electron chi connectivity index (χ4n) is 0.254. The van der Waals surface area contributed by atoms with E-state index in [-0.39, 0.29) is 13.2 Å². The van der Waals surface area contributed by atoms with Gasteiger partial charge < -0.3 is 10.4 Å². The Bertz CT molecular complexity index is 200. The second-order valence-electron chi connectivity index (χ2n) is 1.34. The number of azide groups is 1. The van der Waals surface area contributed by atoms with Gasteiger partial charge in [-0.25, -0.2) is 4.57 Å². The lowest BCUT2D eigenvalue weighted by atomic mass is 10.8. The molecule has 1 atom stereocenters. The summed E-state index contributed by atoms with van der Waals surface area (Å²) in [4.78, 5) is 10.7. The summed E-state index contributed by atoms with van der Waals surface area (Å²) in [7, 11) is -4.23. The highest BCUT2D eigenvalue weighted by Gasteiger charge is 2.20. The molecule has 0 rings (SSSR count). The highest BCUT2D eigenvalue weighted by atomic mass is 31.2. The summed E-state index contributed by atoms with van der Waals surface area (Å²) in [5.74, 6) is 0. The molecule has 11 heavy (non-hydrogen) atoms. The minimum Gasteiger partial charge on any atom is -0.336 e. The first-order valence-corrected chi connectivity index (χ1v) is 4.02. The molecule has 8 nitrogen and oxygen atoms in total. The van der Waals surface area contributed by atoms with Crippen molar-refractivity contribution in [2.24, 2.45) is 11.0 Å². The van der Waals surface area contributed by atoms with Crippen LogP contribution >= 0.6 is 7.82 Å². The lowest BCUT2D eigenvalue weighted by molar-refractivity contribution is 0.154. The Kier molecular flexibility index (Phi) is 4.60. The summed E-state index contributed by atoms with van der Waals surface area (Å²) in [5, 5.41) is 2.40. The first-order valence-electron chi connectivity index (χ1n) is 2.53. The third-order valence-corrected chi connectivity index (χ3v) is 1.34. The van der Waals surface area contributed by atoms with Crippen LogP contribution in [0.4, 0.5) is 0 Å². The fourth-order valence-corrected chi connectivity index (χ4v) is 0.762. The van der Waals surface area contributed by atoms with Crippen LogP contribution in [0.25, 0.3) is 10.4 Å². The van der Waals surface area contributed by atoms with E-state index in [1.807, 2.05) is 0 Å². The molecule has 0 aliphatic heterocycles. The van der Waals surface area contributed by atoms with Gasteiger partial charge in [0.15, 0.2) is 0 Å². The van der Waals surface area contributed by atoms with E-state index in [9.17, 15) is 4.57 Å². The minimum absolute atomic E-state index is 0.0736. The van der Waals surface area contributed by atoms with Crippen LogP contribution in [0.15, 0.2) is 5.28 Å². The topological polar surface area (TPSA) is 131 Å². The van der Waals surface area contributed by atoms with Crippen LogP contribution < -0.4 is 5.73 Å². The molecule has 0 saturated carbocycles. The van der Waals surface area contributed by atoms with E-state index in [0.717, 1.165) is 0 Å². The van der Waals surface area contributed by atoms with Crippen LogP contribution in [0, 0.1) is 0 Å². The van der Waals surface area contributed by atoms with Gasteiger partial charge in [-0.05, 0) is 5.53 Å². The summed E-state index contributed by atoms with van der Waals surface area (Å²) >= 11 is 0. The Balaban J connectivity index is 3.80. The van der Waals surface area contributed by atoms with Crippen molar-refractivity contribution in [1.82, 2.24) is 0 Å². The maximum atomic E-state index is 10.5. The number of hydrogen-bond donors (Lipinski definition) is 2. The van der Waals surface area contributed by atoms with Crippen molar-refractivity contribution in [1.29, 1.82) is 0 Å². The Morgan fingerprint density at radius 1 is 1.82 bits per heavy atom. The Morgan fingerprint density at radius 2 is 2.45 bits per heavy atom. The maximum Gasteiger partial charge on any atom is 0.533 e. The molecule has 0 saturated heterocycles. The molecule has 9 heteroatoms. The molecule has 0 aliphatic carbocycles. The second-order valence-corrected chi connectivity index (χ2v) is 2.70. The molecule has 0 radical (unpaired) electrons. The van der Waals surface area contributed by atoms with Crippen LogP contribution in [-0.2, 0) is 13.7 Å². The molecule has 0 heterocycles. The van der Waals surface area contributed by atoms with Gasteiger partial charge in [-0.15, -0.1) is 0 Å². The van der Waals surface area contributed by atoms with Crippen molar-refractivity contribution < 1.29 is 18.6 Å². The van der Waals surface area contributed by atoms with Crippen molar-refractivity contribution in [2.45, 2.75) is 0 Å². The first-order chi connectivity index (χ1) is 5.12. The van der Waals surface area contributed by atoms with Crippen molar-refractivity contribution in [3.8, 4) is 0 Å². The van der Waals surface area contributed by atoms with E-state index in [4.69, 9.17) is 16.2 Å². The number of hydrogen-bond acceptors (Lipinski definition) is 5. The van der Waals surface area contributed by atoms with E-state index in [1.165, 1.54) is 0 Å². The smallest absolute Gasteiger partial charge is 0.336 e. The van der Waals surface area contributed by atoms with E-state index in [2.05, 4.69) is 19.3 Å². The Hall–Kier alpha value is -0.780. The molecule has 0 fully saturated rings. The summed E-state index contributed by atoms with van der Waals surface area (Å²) in [5.41, 5.74) is 12.6. The molecule has 0 aromatic rings. The lowest BCUT2D eigenvalue weighted by Gasteiger charge is -2.05. The van der Waals surface area contributed by atoms with Gasteiger partial charge in [-0.3, -0.25) is 9.42 Å².